The Morgan fingerprint density at radius 3 is 2.79 bits per heavy atom. The summed E-state index contributed by atoms with van der Waals surface area (Å²) in [6.45, 7) is 0.409. The van der Waals surface area contributed by atoms with E-state index in [9.17, 15) is 14.4 Å². The summed E-state index contributed by atoms with van der Waals surface area (Å²) in [6.07, 6.45) is 6.72. The van der Waals surface area contributed by atoms with Crippen LogP contribution in [0.15, 0.2) is 28.8 Å². The second-order valence-corrected chi connectivity index (χ2v) is 5.81. The highest BCUT2D eigenvalue weighted by molar-refractivity contribution is 7.80. The third-order valence-corrected chi connectivity index (χ3v) is 4.08. The molecule has 0 saturated heterocycles. The number of hydrogen-bond acceptors (Lipinski definition) is 5. The molecule has 8 heteroatoms. The molecule has 0 radical (unpaired) electrons. The van der Waals surface area contributed by atoms with Gasteiger partial charge >= 0.3 is 11.9 Å². The Morgan fingerprint density at radius 1 is 1.38 bits per heavy atom. The fraction of sp³-hybridized carbons (Fsp3) is 0.438. The lowest BCUT2D eigenvalue weighted by Gasteiger charge is -2.30. The Hall–Kier alpha value is -2.35. The number of carbonyl (C=O) groups is 3. The monoisotopic (exact) mass is 350 g/mol. The number of carboxylic acid groups (broad SMARTS) is 1. The first-order valence-electron chi connectivity index (χ1n) is 7.58. The molecule has 1 amide bonds. The van der Waals surface area contributed by atoms with E-state index in [0.717, 1.165) is 0 Å². The van der Waals surface area contributed by atoms with E-state index in [1.54, 1.807) is 12.2 Å². The number of carboxylic acids is 1. The number of nitrogens with zero attached hydrogens (tertiary/aromatic N) is 2. The topological polar surface area (TPSA) is 96.3 Å². The SMILES string of the molecule is COC(=O)C1=CC2=NC(=S)N(CCCCCC(=O)O)C(=O)C2C=C1. The van der Waals surface area contributed by atoms with Gasteiger partial charge in [0.1, 0.15) is 0 Å². The van der Waals surface area contributed by atoms with Crippen molar-refractivity contribution < 1.29 is 24.2 Å². The summed E-state index contributed by atoms with van der Waals surface area (Å²) >= 11 is 5.18. The molecule has 128 valence electrons. The summed E-state index contributed by atoms with van der Waals surface area (Å²) in [7, 11) is 1.29. The number of methoxy groups -OCH3 is 1. The molecule has 0 spiro atoms. The number of amides is 1. The predicted molar refractivity (Wildman–Crippen MR) is 90.6 cm³/mol. The number of rotatable bonds is 7. The zero-order valence-electron chi connectivity index (χ0n) is 13.2. The van der Waals surface area contributed by atoms with Gasteiger partial charge in [0.2, 0.25) is 11.0 Å². The Morgan fingerprint density at radius 2 is 2.12 bits per heavy atom. The molecule has 0 saturated carbocycles. The molecule has 2 aliphatic rings. The highest BCUT2D eigenvalue weighted by atomic mass is 32.1. The zero-order valence-corrected chi connectivity index (χ0v) is 14.0. The van der Waals surface area contributed by atoms with Gasteiger partial charge in [0.15, 0.2) is 0 Å². The Kier molecular flexibility index (Phi) is 5.97. The second-order valence-electron chi connectivity index (χ2n) is 5.44. The second kappa shape index (κ2) is 7.96. The van der Waals surface area contributed by atoms with E-state index in [4.69, 9.17) is 17.3 Å². The van der Waals surface area contributed by atoms with Gasteiger partial charge in [0, 0.05) is 13.0 Å². The van der Waals surface area contributed by atoms with E-state index in [1.165, 1.54) is 18.1 Å². The molecule has 1 unspecified atom stereocenters. The van der Waals surface area contributed by atoms with Crippen LogP contribution in [0.3, 0.4) is 0 Å². The molecule has 1 N–H and O–H groups in total. The van der Waals surface area contributed by atoms with Crippen molar-refractivity contribution in [1.29, 1.82) is 0 Å². The molecule has 0 aromatic heterocycles. The van der Waals surface area contributed by atoms with Crippen molar-refractivity contribution in [3.63, 3.8) is 0 Å². The Bertz CT molecular complexity index is 665. The van der Waals surface area contributed by atoms with Crippen LogP contribution in [0.1, 0.15) is 25.7 Å². The molecule has 1 aliphatic heterocycles. The number of aliphatic imine (C=N–C) groups is 1. The first-order valence-corrected chi connectivity index (χ1v) is 7.98. The number of aliphatic carboxylic acids is 1. The van der Waals surface area contributed by atoms with E-state index in [0.29, 0.717) is 37.1 Å². The summed E-state index contributed by atoms with van der Waals surface area (Å²) in [5, 5.41) is 8.77. The minimum absolute atomic E-state index is 0.118. The van der Waals surface area contributed by atoms with Crippen molar-refractivity contribution in [2.75, 3.05) is 13.7 Å². The van der Waals surface area contributed by atoms with Crippen molar-refractivity contribution in [3.05, 3.63) is 23.8 Å². The summed E-state index contributed by atoms with van der Waals surface area (Å²) in [6, 6.07) is 0. The van der Waals surface area contributed by atoms with Crippen LogP contribution in [0.4, 0.5) is 0 Å². The lowest BCUT2D eigenvalue weighted by atomic mass is 9.92. The van der Waals surface area contributed by atoms with E-state index in [1.807, 2.05) is 0 Å². The van der Waals surface area contributed by atoms with Crippen molar-refractivity contribution in [1.82, 2.24) is 4.90 Å². The number of carbonyl (C=O) groups excluding carboxylic acids is 2. The van der Waals surface area contributed by atoms with Crippen LogP contribution in [-0.4, -0.2) is 52.3 Å². The maximum atomic E-state index is 12.6. The van der Waals surface area contributed by atoms with E-state index in [-0.39, 0.29) is 17.4 Å². The van der Waals surface area contributed by atoms with Gasteiger partial charge in [-0.15, -0.1) is 0 Å². The molecule has 1 heterocycles. The van der Waals surface area contributed by atoms with Gasteiger partial charge in [-0.2, -0.15) is 0 Å². The van der Waals surface area contributed by atoms with Crippen LogP contribution in [-0.2, 0) is 19.1 Å². The molecular formula is C16H18N2O5S. The molecular weight excluding hydrogens is 332 g/mol. The van der Waals surface area contributed by atoms with Crippen molar-refractivity contribution >= 4 is 40.9 Å². The van der Waals surface area contributed by atoms with Crippen molar-refractivity contribution in [3.8, 4) is 0 Å². The summed E-state index contributed by atoms with van der Waals surface area (Å²) in [5.41, 5.74) is 0.764. The number of thiocarbonyl (C=S) groups is 1. The lowest BCUT2D eigenvalue weighted by Crippen LogP contribution is -2.46. The van der Waals surface area contributed by atoms with Crippen LogP contribution >= 0.6 is 12.2 Å². The average Bonchev–Trinajstić information content (AvgIpc) is 2.55. The van der Waals surface area contributed by atoms with Gasteiger partial charge in [-0.1, -0.05) is 18.6 Å². The highest BCUT2D eigenvalue weighted by Crippen LogP contribution is 2.23. The summed E-state index contributed by atoms with van der Waals surface area (Å²) in [4.78, 5) is 40.3. The Balaban J connectivity index is 2.01. The number of ether oxygens (including phenoxy) is 1. The normalized spacial score (nSPS) is 19.5. The zero-order chi connectivity index (χ0) is 17.7. The number of fused-ring (bicyclic) bond motifs is 1. The molecule has 24 heavy (non-hydrogen) atoms. The van der Waals surface area contributed by atoms with Gasteiger partial charge < -0.3 is 9.84 Å². The van der Waals surface area contributed by atoms with Crippen LogP contribution in [0.5, 0.6) is 0 Å². The minimum atomic E-state index is -0.825. The third-order valence-electron chi connectivity index (χ3n) is 3.77. The number of esters is 1. The molecule has 2 rings (SSSR count). The van der Waals surface area contributed by atoms with Crippen LogP contribution in [0.2, 0.25) is 0 Å². The van der Waals surface area contributed by atoms with Crippen molar-refractivity contribution in [2.45, 2.75) is 25.7 Å². The van der Waals surface area contributed by atoms with Crippen LogP contribution in [0, 0.1) is 5.92 Å². The van der Waals surface area contributed by atoms with E-state index in [2.05, 4.69) is 9.73 Å². The maximum Gasteiger partial charge on any atom is 0.337 e. The molecule has 0 fully saturated rings. The first-order chi connectivity index (χ1) is 11.4. The lowest BCUT2D eigenvalue weighted by molar-refractivity contribution is -0.137. The summed E-state index contributed by atoms with van der Waals surface area (Å²) in [5.74, 6) is -2.05. The van der Waals surface area contributed by atoms with E-state index < -0.39 is 17.9 Å². The van der Waals surface area contributed by atoms with Gasteiger partial charge in [-0.05, 0) is 31.1 Å². The van der Waals surface area contributed by atoms with Gasteiger partial charge in [0.25, 0.3) is 0 Å². The number of allylic oxidation sites excluding steroid dienone is 1. The number of unbranched alkanes of at least 4 members (excludes halogenated alkanes) is 2. The third kappa shape index (κ3) is 4.14. The maximum absolute atomic E-state index is 12.6. The smallest absolute Gasteiger partial charge is 0.337 e. The molecule has 0 aromatic carbocycles. The molecule has 1 aliphatic carbocycles. The highest BCUT2D eigenvalue weighted by Gasteiger charge is 2.34. The molecule has 0 aromatic rings. The fourth-order valence-electron chi connectivity index (χ4n) is 2.51. The quantitative estimate of drug-likeness (QED) is 0.424. The van der Waals surface area contributed by atoms with Gasteiger partial charge in [0.05, 0.1) is 24.3 Å². The molecule has 0 bridgehead atoms. The van der Waals surface area contributed by atoms with Crippen molar-refractivity contribution in [2.24, 2.45) is 10.9 Å². The van der Waals surface area contributed by atoms with Gasteiger partial charge in [-0.25, -0.2) is 9.79 Å². The summed E-state index contributed by atoms with van der Waals surface area (Å²) < 4.78 is 4.65. The molecule has 1 atom stereocenters. The predicted octanol–water partition coefficient (Wildman–Crippen LogP) is 1.48. The number of hydrogen-bond donors (Lipinski definition) is 1. The van der Waals surface area contributed by atoms with Crippen LogP contribution in [0.25, 0.3) is 0 Å². The fourth-order valence-corrected chi connectivity index (χ4v) is 2.80. The van der Waals surface area contributed by atoms with Gasteiger partial charge in [-0.3, -0.25) is 14.5 Å². The molecule has 7 nitrogen and oxygen atoms in total. The standard InChI is InChI=1S/C16H18N2O5S/c1-23-15(22)10-6-7-11-12(9-10)17-16(24)18(14(11)21)8-4-2-3-5-13(19)20/h6-7,9,11H,2-5,8H2,1H3,(H,19,20). The largest absolute Gasteiger partial charge is 0.481 e. The Labute approximate surface area is 144 Å². The first kappa shape index (κ1) is 18.0. The van der Waals surface area contributed by atoms with Crippen LogP contribution < -0.4 is 0 Å². The van der Waals surface area contributed by atoms with E-state index >= 15 is 0 Å². The minimum Gasteiger partial charge on any atom is -0.481 e. The average molecular weight is 350 g/mol.